The summed E-state index contributed by atoms with van der Waals surface area (Å²) in [5, 5.41) is 0. The standard InChI is InChI=1S/C20H15BrO3/c1-23-19(22)20-13-10-6-5-9-12(13)18(24-20)15-16(20)14(17(15)21)11-7-3-2-4-8-11/h2-10,15-16,18H,1H3. The number of hydrogen-bond acceptors (Lipinski definition) is 3. The zero-order valence-corrected chi connectivity index (χ0v) is 14.6. The van der Waals surface area contributed by atoms with E-state index in [1.165, 1.54) is 7.11 Å². The van der Waals surface area contributed by atoms with Gasteiger partial charge in [-0.25, -0.2) is 4.79 Å². The van der Waals surface area contributed by atoms with Crippen molar-refractivity contribution in [3.8, 4) is 0 Å². The van der Waals surface area contributed by atoms with Crippen molar-refractivity contribution in [1.29, 1.82) is 0 Å². The van der Waals surface area contributed by atoms with Gasteiger partial charge in [-0.05, 0) is 16.7 Å². The van der Waals surface area contributed by atoms with E-state index in [4.69, 9.17) is 9.47 Å². The molecule has 0 saturated carbocycles. The van der Waals surface area contributed by atoms with E-state index in [1.807, 2.05) is 36.4 Å². The second-order valence-corrected chi connectivity index (χ2v) is 7.34. The number of halogens is 1. The minimum Gasteiger partial charge on any atom is -0.467 e. The van der Waals surface area contributed by atoms with Crippen LogP contribution in [0.5, 0.6) is 0 Å². The highest BCUT2D eigenvalue weighted by Gasteiger charge is 2.72. The lowest BCUT2D eigenvalue weighted by Crippen LogP contribution is -2.47. The van der Waals surface area contributed by atoms with Gasteiger partial charge in [-0.2, -0.15) is 0 Å². The fraction of sp³-hybridized carbons (Fsp3) is 0.250. The van der Waals surface area contributed by atoms with Gasteiger partial charge in [0.2, 0.25) is 0 Å². The minimum atomic E-state index is -1.02. The number of rotatable bonds is 2. The second kappa shape index (κ2) is 4.80. The molecule has 2 heterocycles. The molecule has 0 N–H and O–H groups in total. The maximum Gasteiger partial charge on any atom is 0.343 e. The molecule has 0 amide bonds. The molecule has 2 aromatic carbocycles. The van der Waals surface area contributed by atoms with Crippen LogP contribution >= 0.6 is 15.9 Å². The lowest BCUT2D eigenvalue weighted by molar-refractivity contribution is -0.168. The van der Waals surface area contributed by atoms with Crippen molar-refractivity contribution in [1.82, 2.24) is 0 Å². The third-order valence-electron chi connectivity index (χ3n) is 5.54. The van der Waals surface area contributed by atoms with Gasteiger partial charge in [-0.15, -0.1) is 0 Å². The monoisotopic (exact) mass is 382 g/mol. The number of benzene rings is 2. The van der Waals surface area contributed by atoms with Crippen molar-refractivity contribution >= 4 is 27.5 Å². The Labute approximate surface area is 148 Å². The highest BCUT2D eigenvalue weighted by Crippen LogP contribution is 2.72. The Hall–Kier alpha value is -1.91. The third kappa shape index (κ3) is 1.49. The third-order valence-corrected chi connectivity index (χ3v) is 6.49. The predicted octanol–water partition coefficient (Wildman–Crippen LogP) is 4.19. The Morgan fingerprint density at radius 2 is 1.83 bits per heavy atom. The normalized spacial score (nSPS) is 32.2. The number of esters is 1. The summed E-state index contributed by atoms with van der Waals surface area (Å²) < 4.78 is 12.7. The molecular weight excluding hydrogens is 368 g/mol. The zero-order chi connectivity index (χ0) is 16.5. The summed E-state index contributed by atoms with van der Waals surface area (Å²) in [6.45, 7) is 0. The highest BCUT2D eigenvalue weighted by molar-refractivity contribution is 9.11. The van der Waals surface area contributed by atoms with Gasteiger partial charge < -0.3 is 9.47 Å². The Balaban J connectivity index is 1.73. The number of ether oxygens (including phenoxy) is 2. The summed E-state index contributed by atoms with van der Waals surface area (Å²) in [5.74, 6) is -0.144. The van der Waals surface area contributed by atoms with Crippen molar-refractivity contribution < 1.29 is 14.3 Å². The molecule has 0 radical (unpaired) electrons. The van der Waals surface area contributed by atoms with E-state index < -0.39 is 5.60 Å². The molecule has 4 atom stereocenters. The van der Waals surface area contributed by atoms with E-state index >= 15 is 0 Å². The van der Waals surface area contributed by atoms with Gasteiger partial charge in [0.15, 0.2) is 5.60 Å². The summed E-state index contributed by atoms with van der Waals surface area (Å²) in [7, 11) is 1.43. The topological polar surface area (TPSA) is 35.5 Å². The lowest BCUT2D eigenvalue weighted by atomic mass is 9.58. The van der Waals surface area contributed by atoms with Crippen molar-refractivity contribution in [2.45, 2.75) is 11.7 Å². The van der Waals surface area contributed by atoms with E-state index in [1.54, 1.807) is 0 Å². The maximum absolute atomic E-state index is 12.8. The molecule has 0 spiro atoms. The van der Waals surface area contributed by atoms with Crippen LogP contribution in [0, 0.1) is 11.8 Å². The van der Waals surface area contributed by atoms with Gasteiger partial charge in [0, 0.05) is 21.9 Å². The first kappa shape index (κ1) is 14.4. The van der Waals surface area contributed by atoms with Crippen LogP contribution in [0.1, 0.15) is 22.8 Å². The molecule has 1 aliphatic carbocycles. The molecule has 5 rings (SSSR count). The largest absolute Gasteiger partial charge is 0.467 e. The molecule has 1 saturated heterocycles. The van der Waals surface area contributed by atoms with Crippen LogP contribution in [0.15, 0.2) is 59.1 Å². The molecule has 2 aromatic rings. The summed E-state index contributed by atoms with van der Waals surface area (Å²) in [5.41, 5.74) is 3.32. The fourth-order valence-corrected chi connectivity index (χ4v) is 5.59. The van der Waals surface area contributed by atoms with E-state index in [-0.39, 0.29) is 23.9 Å². The van der Waals surface area contributed by atoms with Crippen LogP contribution in [0.4, 0.5) is 0 Å². The molecule has 3 nitrogen and oxygen atoms in total. The van der Waals surface area contributed by atoms with Crippen LogP contribution < -0.4 is 0 Å². The quantitative estimate of drug-likeness (QED) is 0.730. The highest BCUT2D eigenvalue weighted by atomic mass is 79.9. The number of carbonyl (C=O) groups excluding carboxylic acids is 1. The van der Waals surface area contributed by atoms with Gasteiger partial charge in [0.1, 0.15) is 0 Å². The Bertz CT molecular complexity index is 889. The molecule has 2 bridgehead atoms. The van der Waals surface area contributed by atoms with Crippen LogP contribution in [-0.4, -0.2) is 13.1 Å². The van der Waals surface area contributed by atoms with Gasteiger partial charge >= 0.3 is 5.97 Å². The first-order valence-electron chi connectivity index (χ1n) is 8.00. The molecule has 4 heteroatoms. The van der Waals surface area contributed by atoms with Gasteiger partial charge in [-0.1, -0.05) is 70.5 Å². The summed E-state index contributed by atoms with van der Waals surface area (Å²) >= 11 is 3.77. The number of methoxy groups -OCH3 is 1. The molecule has 2 aliphatic heterocycles. The molecular formula is C20H15BrO3. The molecule has 4 unspecified atom stereocenters. The Kier molecular flexibility index (Phi) is 2.89. The molecule has 1 fully saturated rings. The number of fused-ring (bicyclic) bond motifs is 8. The Morgan fingerprint density at radius 1 is 1.12 bits per heavy atom. The minimum absolute atomic E-state index is 0.0124. The van der Waals surface area contributed by atoms with Crippen LogP contribution in [0.2, 0.25) is 0 Å². The summed E-state index contributed by atoms with van der Waals surface area (Å²) in [6, 6.07) is 18.2. The maximum atomic E-state index is 12.8. The average molecular weight is 383 g/mol. The molecule has 3 aliphatic rings. The van der Waals surface area contributed by atoms with Crippen LogP contribution in [-0.2, 0) is 19.9 Å². The van der Waals surface area contributed by atoms with Gasteiger partial charge in [0.25, 0.3) is 0 Å². The van der Waals surface area contributed by atoms with Crippen molar-refractivity contribution in [3.63, 3.8) is 0 Å². The van der Waals surface area contributed by atoms with Crippen molar-refractivity contribution in [3.05, 3.63) is 75.8 Å². The SMILES string of the molecule is COC(=O)C12OC(c3ccccc31)C1C(Br)=C(c3ccccc3)C12. The first-order chi connectivity index (χ1) is 11.7. The van der Waals surface area contributed by atoms with E-state index in [0.29, 0.717) is 0 Å². The van der Waals surface area contributed by atoms with E-state index in [0.717, 1.165) is 26.7 Å². The number of hydrogen-bond donors (Lipinski definition) is 0. The van der Waals surface area contributed by atoms with E-state index in [2.05, 4.69) is 34.1 Å². The second-order valence-electron chi connectivity index (χ2n) is 6.48. The first-order valence-corrected chi connectivity index (χ1v) is 8.80. The fourth-order valence-electron chi connectivity index (χ4n) is 4.61. The smallest absolute Gasteiger partial charge is 0.343 e. The predicted molar refractivity (Wildman–Crippen MR) is 93.2 cm³/mol. The van der Waals surface area contributed by atoms with Gasteiger partial charge in [-0.3, -0.25) is 0 Å². The molecule has 120 valence electrons. The average Bonchev–Trinajstić information content (AvgIpc) is 3.11. The zero-order valence-electron chi connectivity index (χ0n) is 13.0. The van der Waals surface area contributed by atoms with Crippen molar-refractivity contribution in [2.24, 2.45) is 11.8 Å². The van der Waals surface area contributed by atoms with Gasteiger partial charge in [0.05, 0.1) is 13.2 Å². The van der Waals surface area contributed by atoms with Crippen LogP contribution in [0.3, 0.4) is 0 Å². The van der Waals surface area contributed by atoms with Crippen molar-refractivity contribution in [2.75, 3.05) is 7.11 Å². The van der Waals surface area contributed by atoms with Crippen LogP contribution in [0.25, 0.3) is 5.57 Å². The lowest BCUT2D eigenvalue weighted by Gasteiger charge is -2.44. The molecule has 0 aromatic heterocycles. The molecule has 24 heavy (non-hydrogen) atoms. The van der Waals surface area contributed by atoms with E-state index in [9.17, 15) is 4.79 Å². The number of carbonyl (C=O) groups is 1. The Morgan fingerprint density at radius 3 is 2.58 bits per heavy atom. The summed E-state index contributed by atoms with van der Waals surface area (Å²) in [4.78, 5) is 12.8. The summed E-state index contributed by atoms with van der Waals surface area (Å²) in [6.07, 6.45) is -0.0906.